The van der Waals surface area contributed by atoms with Crippen LogP contribution in [0.4, 0.5) is 0 Å². The molecule has 1 atom stereocenters. The van der Waals surface area contributed by atoms with E-state index in [4.69, 9.17) is 0 Å². The number of rotatable bonds is 2. The van der Waals surface area contributed by atoms with E-state index in [-0.39, 0.29) is 35.6 Å². The van der Waals surface area contributed by atoms with Gasteiger partial charge in [0.05, 0.1) is 0 Å². The Hall–Kier alpha value is -1.83. The Balaban J connectivity index is 0.000000229. The summed E-state index contributed by atoms with van der Waals surface area (Å²) >= 11 is 1.46. The average Bonchev–Trinajstić information content (AvgIpc) is 3.62. The van der Waals surface area contributed by atoms with Gasteiger partial charge in [-0.3, -0.25) is 12.2 Å². The van der Waals surface area contributed by atoms with Crippen molar-refractivity contribution in [3.63, 3.8) is 0 Å². The summed E-state index contributed by atoms with van der Waals surface area (Å²) in [6.07, 6.45) is 12.9. The zero-order chi connectivity index (χ0) is 32.2. The third-order valence-electron chi connectivity index (χ3n) is 9.47. The number of benzene rings is 3. The molecule has 0 nitrogen and oxygen atoms in total. The van der Waals surface area contributed by atoms with Gasteiger partial charge in [-0.05, 0) is 66.4 Å². The number of allylic oxidation sites excluding steroid dienone is 8. The van der Waals surface area contributed by atoms with E-state index in [1.54, 1.807) is 5.20 Å². The molecule has 0 aromatic heterocycles. The van der Waals surface area contributed by atoms with Crippen LogP contribution in [0.25, 0.3) is 22.3 Å². The number of halogens is 2. The van der Waals surface area contributed by atoms with E-state index in [1.807, 2.05) is 6.07 Å². The molecule has 0 amide bonds. The predicted octanol–water partition coefficient (Wildman–Crippen LogP) is 5.03. The average molecular weight is 743 g/mol. The fraction of sp³-hybridized carbons (Fsp3) is 0.357. The molecular weight excluding hydrogens is 695 g/mol. The molecular formula is C42H48Cl2SiZr-2. The van der Waals surface area contributed by atoms with Gasteiger partial charge in [0.1, 0.15) is 0 Å². The van der Waals surface area contributed by atoms with Crippen LogP contribution in [0.1, 0.15) is 94.3 Å². The van der Waals surface area contributed by atoms with E-state index in [2.05, 4.69) is 152 Å². The summed E-state index contributed by atoms with van der Waals surface area (Å²) in [5, 5.41) is 1.60. The van der Waals surface area contributed by atoms with Crippen LogP contribution in [0.15, 0.2) is 77.5 Å². The fourth-order valence-electron chi connectivity index (χ4n) is 7.47. The van der Waals surface area contributed by atoms with Gasteiger partial charge in [0.2, 0.25) is 0 Å². The van der Waals surface area contributed by atoms with E-state index in [0.717, 1.165) is 6.42 Å². The summed E-state index contributed by atoms with van der Waals surface area (Å²) in [6, 6.07) is 20.2. The molecule has 3 aromatic carbocycles. The SMILES string of the molecule is CC1=[C-]C(C)(C)c2cc3c(cc21)-c1cc2c(cc1C3)C(C)(C)C=C2C.CC1=[C-]C(C)C=C1[Si](C)(C)C.[Cl-].[Cl-].[Zr+2]=[CH]c1ccccc1. The van der Waals surface area contributed by atoms with Crippen molar-refractivity contribution >= 4 is 22.9 Å². The molecule has 240 valence electrons. The molecule has 4 heteroatoms. The van der Waals surface area contributed by atoms with Crippen LogP contribution in [0.5, 0.6) is 0 Å². The summed E-state index contributed by atoms with van der Waals surface area (Å²) in [4.78, 5) is 0. The number of hydrogen-bond donors (Lipinski definition) is 0. The standard InChI is InChI=1S/C25H25.C10H17Si.C7H6.2ClH.Zr/c1-14-12-24(3,4)22-8-16-7-17-9-23-19(15(2)13-25(23,5)6)11-21(17)20(16)10-18(14)22;1-8-6-9(2)10(7-8)11(3,4)5;1-7-5-3-2-4-6-7;;;/h8-12H,7H2,1-6H3;7-8H,1-5H3;1-6H;2*1H;/q2*-1;;;;+2/p-2. The van der Waals surface area contributed by atoms with Crippen LogP contribution in [-0.2, 0) is 41.5 Å². The summed E-state index contributed by atoms with van der Waals surface area (Å²) in [5.41, 5.74) is 17.3. The van der Waals surface area contributed by atoms with E-state index < -0.39 is 8.07 Å². The molecule has 0 fully saturated rings. The first-order valence-electron chi connectivity index (χ1n) is 16.1. The van der Waals surface area contributed by atoms with Crippen LogP contribution in [0.3, 0.4) is 0 Å². The van der Waals surface area contributed by atoms with Crippen molar-refractivity contribution in [2.75, 3.05) is 0 Å². The molecule has 3 aromatic rings. The molecule has 0 aliphatic heterocycles. The third-order valence-corrected chi connectivity index (χ3v) is 12.4. The first kappa shape index (κ1) is 38.6. The number of fused-ring (bicyclic) bond motifs is 5. The van der Waals surface area contributed by atoms with Crippen molar-refractivity contribution in [1.82, 2.24) is 0 Å². The molecule has 1 unspecified atom stereocenters. The second kappa shape index (κ2) is 14.3. The molecule has 0 radical (unpaired) electrons. The Morgan fingerprint density at radius 2 is 1.35 bits per heavy atom. The Morgan fingerprint density at radius 1 is 0.783 bits per heavy atom. The molecule has 4 aliphatic carbocycles. The van der Waals surface area contributed by atoms with Gasteiger partial charge < -0.3 is 24.8 Å². The minimum absolute atomic E-state index is 0. The van der Waals surface area contributed by atoms with E-state index in [0.29, 0.717) is 5.92 Å². The van der Waals surface area contributed by atoms with Crippen LogP contribution in [-0.4, -0.2) is 11.8 Å². The summed E-state index contributed by atoms with van der Waals surface area (Å²) < 4.78 is 2.17. The van der Waals surface area contributed by atoms with Gasteiger partial charge in [0.15, 0.2) is 0 Å². The second-order valence-corrected chi connectivity index (χ2v) is 20.9. The van der Waals surface area contributed by atoms with Crippen molar-refractivity contribution in [2.45, 2.75) is 92.3 Å². The van der Waals surface area contributed by atoms with Crippen molar-refractivity contribution in [3.05, 3.63) is 129 Å². The molecule has 0 saturated heterocycles. The minimum atomic E-state index is -1.07. The zero-order valence-electron chi connectivity index (χ0n) is 29.5. The first-order chi connectivity index (χ1) is 20.5. The van der Waals surface area contributed by atoms with E-state index in [1.165, 1.54) is 91.0 Å². The monoisotopic (exact) mass is 740 g/mol. The summed E-state index contributed by atoms with van der Waals surface area (Å²) in [6.45, 7) is 25.2. The summed E-state index contributed by atoms with van der Waals surface area (Å²) in [5.74, 6) is 0.553. The third kappa shape index (κ3) is 7.73. The van der Waals surface area contributed by atoms with E-state index in [9.17, 15) is 0 Å². The van der Waals surface area contributed by atoms with Crippen molar-refractivity contribution in [1.29, 1.82) is 0 Å². The van der Waals surface area contributed by atoms with Gasteiger partial charge in [-0.25, -0.2) is 16.3 Å². The molecule has 0 saturated carbocycles. The van der Waals surface area contributed by atoms with Crippen molar-refractivity contribution in [3.8, 4) is 11.1 Å². The topological polar surface area (TPSA) is 0 Å². The van der Waals surface area contributed by atoms with Crippen molar-refractivity contribution < 1.29 is 49.0 Å². The van der Waals surface area contributed by atoms with Crippen molar-refractivity contribution in [2.24, 2.45) is 5.92 Å². The summed E-state index contributed by atoms with van der Waals surface area (Å²) in [7, 11) is -1.07. The van der Waals surface area contributed by atoms with Gasteiger partial charge in [0.25, 0.3) is 0 Å². The molecule has 7 rings (SSSR count). The molecule has 0 heterocycles. The van der Waals surface area contributed by atoms with Crippen LogP contribution < -0.4 is 24.8 Å². The Morgan fingerprint density at radius 3 is 1.83 bits per heavy atom. The molecule has 0 N–H and O–H groups in total. The fourth-order valence-corrected chi connectivity index (χ4v) is 9.89. The van der Waals surface area contributed by atoms with Crippen LogP contribution >= 0.6 is 0 Å². The molecule has 0 bridgehead atoms. The van der Waals surface area contributed by atoms with Gasteiger partial charge in [0, 0.05) is 5.41 Å². The number of hydrogen-bond acceptors (Lipinski definition) is 0. The zero-order valence-corrected chi connectivity index (χ0v) is 34.4. The van der Waals surface area contributed by atoms with Gasteiger partial charge in [-0.15, -0.1) is 11.6 Å². The van der Waals surface area contributed by atoms with Crippen LogP contribution in [0, 0.1) is 18.1 Å². The predicted molar refractivity (Wildman–Crippen MR) is 191 cm³/mol. The van der Waals surface area contributed by atoms with Gasteiger partial charge >= 0.3 is 63.8 Å². The van der Waals surface area contributed by atoms with E-state index >= 15 is 0 Å². The Bertz CT molecular complexity index is 1680. The molecule has 0 spiro atoms. The maximum atomic E-state index is 3.65. The first-order valence-corrected chi connectivity index (χ1v) is 21.0. The molecule has 4 aliphatic rings. The van der Waals surface area contributed by atoms with Gasteiger partial charge in [-0.2, -0.15) is 11.6 Å². The van der Waals surface area contributed by atoms with Crippen LogP contribution in [0.2, 0.25) is 19.6 Å². The maximum absolute atomic E-state index is 3.65. The van der Waals surface area contributed by atoms with Gasteiger partial charge in [-0.1, -0.05) is 97.6 Å². The Labute approximate surface area is 307 Å². The second-order valence-electron chi connectivity index (χ2n) is 15.2. The normalized spacial score (nSPS) is 18.7. The quantitative estimate of drug-likeness (QED) is 0.200. The Kier molecular flexibility index (Phi) is 12.0. The molecule has 46 heavy (non-hydrogen) atoms.